The number of ether oxygens (including phenoxy) is 1. The number of fused-ring (bicyclic) bond motifs is 1. The third-order valence-electron chi connectivity index (χ3n) is 3.20. The maximum atomic E-state index is 12.3. The quantitative estimate of drug-likeness (QED) is 0.813. The molecule has 1 aromatic heterocycles. The molecule has 1 heterocycles. The second-order valence-electron chi connectivity index (χ2n) is 4.88. The van der Waals surface area contributed by atoms with Gasteiger partial charge in [-0.15, -0.1) is 0 Å². The Labute approximate surface area is 126 Å². The Bertz CT molecular complexity index is 787. The first kappa shape index (κ1) is 15.9. The van der Waals surface area contributed by atoms with Gasteiger partial charge in [-0.2, -0.15) is 0 Å². The normalized spacial score (nSPS) is 10.7. The van der Waals surface area contributed by atoms with Crippen LogP contribution in [0, 0.1) is 0 Å². The van der Waals surface area contributed by atoms with Gasteiger partial charge >= 0.3 is 0 Å². The minimum atomic E-state index is -0.472. The number of aliphatic hydroxyl groups excluding tert-OH is 1. The van der Waals surface area contributed by atoms with Crippen molar-refractivity contribution in [2.75, 3.05) is 13.7 Å². The maximum absolute atomic E-state index is 12.3. The van der Waals surface area contributed by atoms with E-state index in [1.165, 1.54) is 14.0 Å². The number of hydrogen-bond acceptors (Lipinski definition) is 6. The second kappa shape index (κ2) is 6.53. The molecule has 0 saturated carbocycles. The number of Topliss-reactive ketones (excluding diaryl/α,β-unsaturated/α-hetero) is 2. The van der Waals surface area contributed by atoms with Gasteiger partial charge in [0.2, 0.25) is 0 Å². The first-order valence-corrected chi connectivity index (χ1v) is 6.75. The molecule has 0 spiro atoms. The molecule has 116 valence electrons. The van der Waals surface area contributed by atoms with Gasteiger partial charge in [-0.1, -0.05) is 6.07 Å². The van der Waals surface area contributed by atoms with Crippen molar-refractivity contribution >= 4 is 22.5 Å². The van der Waals surface area contributed by atoms with Gasteiger partial charge < -0.3 is 14.3 Å². The molecule has 0 bridgehead atoms. The lowest BCUT2D eigenvalue weighted by atomic mass is 10.0. The van der Waals surface area contributed by atoms with E-state index >= 15 is 0 Å². The van der Waals surface area contributed by atoms with Gasteiger partial charge in [0.1, 0.15) is 5.78 Å². The average Bonchev–Trinajstić information content (AvgIpc) is 2.46. The van der Waals surface area contributed by atoms with Crippen molar-refractivity contribution in [1.29, 1.82) is 0 Å². The van der Waals surface area contributed by atoms with Crippen LogP contribution in [0.4, 0.5) is 0 Å². The van der Waals surface area contributed by atoms with Crippen LogP contribution in [-0.2, 0) is 11.2 Å². The molecular weight excluding hydrogens is 288 g/mol. The van der Waals surface area contributed by atoms with E-state index in [-0.39, 0.29) is 42.0 Å². The van der Waals surface area contributed by atoms with Gasteiger partial charge in [0, 0.05) is 18.9 Å². The summed E-state index contributed by atoms with van der Waals surface area (Å²) < 4.78 is 10.7. The molecule has 0 aliphatic carbocycles. The highest BCUT2D eigenvalue weighted by molar-refractivity contribution is 5.96. The highest BCUT2D eigenvalue weighted by Gasteiger charge is 2.18. The number of benzene rings is 1. The second-order valence-corrected chi connectivity index (χ2v) is 4.88. The van der Waals surface area contributed by atoms with Gasteiger partial charge in [0.05, 0.1) is 19.1 Å². The SMILES string of the molecule is COc1ccc(CC(C)=O)c2c(=O)cc(C(=O)CCO)oc12. The lowest BCUT2D eigenvalue weighted by Gasteiger charge is -2.09. The van der Waals surface area contributed by atoms with Gasteiger partial charge in [-0.3, -0.25) is 14.4 Å². The molecule has 0 aliphatic heterocycles. The van der Waals surface area contributed by atoms with E-state index in [0.29, 0.717) is 11.3 Å². The molecular formula is C16H16O6. The zero-order valence-corrected chi connectivity index (χ0v) is 12.3. The van der Waals surface area contributed by atoms with Crippen molar-refractivity contribution < 1.29 is 23.8 Å². The fourth-order valence-electron chi connectivity index (χ4n) is 2.24. The molecule has 0 unspecified atom stereocenters. The van der Waals surface area contributed by atoms with E-state index in [9.17, 15) is 14.4 Å². The summed E-state index contributed by atoms with van der Waals surface area (Å²) in [5, 5.41) is 9.05. The van der Waals surface area contributed by atoms with Crippen LogP contribution in [0.25, 0.3) is 11.0 Å². The average molecular weight is 304 g/mol. The number of aliphatic hydroxyl groups is 1. The first-order valence-electron chi connectivity index (χ1n) is 6.75. The highest BCUT2D eigenvalue weighted by atomic mass is 16.5. The first-order chi connectivity index (χ1) is 10.5. The molecule has 0 amide bonds. The Hall–Kier alpha value is -2.47. The van der Waals surface area contributed by atoms with E-state index in [4.69, 9.17) is 14.3 Å². The van der Waals surface area contributed by atoms with E-state index in [1.54, 1.807) is 12.1 Å². The molecule has 2 rings (SSSR count). The van der Waals surface area contributed by atoms with Crippen molar-refractivity contribution in [2.24, 2.45) is 0 Å². The molecule has 1 N–H and O–H groups in total. The Balaban J connectivity index is 2.73. The summed E-state index contributed by atoms with van der Waals surface area (Å²) in [5.74, 6) is -0.394. The van der Waals surface area contributed by atoms with E-state index in [2.05, 4.69) is 0 Å². The summed E-state index contributed by atoms with van der Waals surface area (Å²) in [6.07, 6.45) is -0.0426. The van der Waals surface area contributed by atoms with Crippen molar-refractivity contribution in [3.63, 3.8) is 0 Å². The molecule has 0 aliphatic rings. The lowest BCUT2D eigenvalue weighted by molar-refractivity contribution is -0.116. The van der Waals surface area contributed by atoms with Crippen LogP contribution in [-0.4, -0.2) is 30.4 Å². The number of ketones is 2. The summed E-state index contributed by atoms with van der Waals surface area (Å²) in [5.41, 5.74) is 0.242. The number of hydrogen-bond donors (Lipinski definition) is 1. The third-order valence-corrected chi connectivity index (χ3v) is 3.20. The summed E-state index contributed by atoms with van der Waals surface area (Å²) in [6.45, 7) is 1.10. The third kappa shape index (κ3) is 3.07. The Morgan fingerprint density at radius 2 is 2.05 bits per heavy atom. The number of carbonyl (C=O) groups excluding carboxylic acids is 2. The molecule has 0 saturated heterocycles. The molecule has 0 radical (unpaired) electrons. The molecule has 6 nitrogen and oxygen atoms in total. The molecule has 0 atom stereocenters. The number of rotatable bonds is 6. The summed E-state index contributed by atoms with van der Waals surface area (Å²) in [4.78, 5) is 35.5. The summed E-state index contributed by atoms with van der Waals surface area (Å²) in [6, 6.07) is 4.31. The van der Waals surface area contributed by atoms with Gasteiger partial charge in [-0.25, -0.2) is 0 Å². The Morgan fingerprint density at radius 3 is 2.64 bits per heavy atom. The van der Waals surface area contributed by atoms with Crippen LogP contribution < -0.4 is 10.2 Å². The summed E-state index contributed by atoms with van der Waals surface area (Å²) >= 11 is 0. The van der Waals surface area contributed by atoms with E-state index in [0.717, 1.165) is 6.07 Å². The van der Waals surface area contributed by atoms with Crippen LogP contribution in [0.2, 0.25) is 0 Å². The Kier molecular flexibility index (Phi) is 4.72. The zero-order chi connectivity index (χ0) is 16.3. The lowest BCUT2D eigenvalue weighted by Crippen LogP contribution is -2.11. The predicted molar refractivity (Wildman–Crippen MR) is 79.5 cm³/mol. The topological polar surface area (TPSA) is 93.8 Å². The maximum Gasteiger partial charge on any atom is 0.200 e. The fraction of sp³-hybridized carbons (Fsp3) is 0.312. The number of methoxy groups -OCH3 is 1. The minimum Gasteiger partial charge on any atom is -0.493 e. The van der Waals surface area contributed by atoms with E-state index in [1.807, 2.05) is 0 Å². The fourth-order valence-corrected chi connectivity index (χ4v) is 2.24. The van der Waals surface area contributed by atoms with Crippen LogP contribution in [0.3, 0.4) is 0 Å². The molecule has 22 heavy (non-hydrogen) atoms. The van der Waals surface area contributed by atoms with Gasteiger partial charge in [0.15, 0.2) is 28.3 Å². The van der Waals surface area contributed by atoms with Crippen molar-refractivity contribution in [2.45, 2.75) is 19.8 Å². The molecule has 1 aromatic carbocycles. The molecule has 2 aromatic rings. The van der Waals surface area contributed by atoms with Crippen LogP contribution in [0.5, 0.6) is 5.75 Å². The smallest absolute Gasteiger partial charge is 0.200 e. The largest absolute Gasteiger partial charge is 0.493 e. The standard InChI is InChI=1S/C16H16O6/c1-9(18)7-10-3-4-13(21-2)16-15(10)12(20)8-14(22-16)11(19)5-6-17/h3-4,8,17H,5-7H2,1-2H3. The molecule has 0 fully saturated rings. The monoisotopic (exact) mass is 304 g/mol. The van der Waals surface area contributed by atoms with Crippen LogP contribution >= 0.6 is 0 Å². The highest BCUT2D eigenvalue weighted by Crippen LogP contribution is 2.28. The number of carbonyl (C=O) groups is 2. The molecule has 6 heteroatoms. The minimum absolute atomic E-state index is 0.0914. The Morgan fingerprint density at radius 1 is 1.32 bits per heavy atom. The van der Waals surface area contributed by atoms with Gasteiger partial charge in [0.25, 0.3) is 0 Å². The predicted octanol–water partition coefficient (Wildman–Crippen LogP) is 1.50. The van der Waals surface area contributed by atoms with E-state index < -0.39 is 11.2 Å². The van der Waals surface area contributed by atoms with Gasteiger partial charge in [-0.05, 0) is 18.6 Å². The van der Waals surface area contributed by atoms with Crippen molar-refractivity contribution in [3.05, 3.63) is 39.7 Å². The van der Waals surface area contributed by atoms with Crippen molar-refractivity contribution in [1.82, 2.24) is 0 Å². The van der Waals surface area contributed by atoms with Crippen LogP contribution in [0.15, 0.2) is 27.4 Å². The van der Waals surface area contributed by atoms with Crippen LogP contribution in [0.1, 0.15) is 29.5 Å². The zero-order valence-electron chi connectivity index (χ0n) is 12.3. The summed E-state index contributed by atoms with van der Waals surface area (Å²) in [7, 11) is 1.42. The van der Waals surface area contributed by atoms with Crippen molar-refractivity contribution in [3.8, 4) is 5.75 Å².